The van der Waals surface area contributed by atoms with Gasteiger partial charge < -0.3 is 10.1 Å². The number of hydrogen-bond acceptors (Lipinski definition) is 4. The van der Waals surface area contributed by atoms with Gasteiger partial charge in [-0.15, -0.1) is 11.3 Å². The average molecular weight is 270 g/mol. The molecule has 0 aliphatic heterocycles. The number of ether oxygens (including phenoxy) is 1. The fraction of sp³-hybridized carbons (Fsp3) is 0.786. The molecule has 0 saturated carbocycles. The van der Waals surface area contributed by atoms with Crippen LogP contribution in [0, 0.1) is 0 Å². The lowest BCUT2D eigenvalue weighted by Gasteiger charge is -2.29. The summed E-state index contributed by atoms with van der Waals surface area (Å²) >= 11 is 1.74. The average Bonchev–Trinajstić information content (AvgIpc) is 2.89. The molecule has 1 N–H and O–H groups in total. The zero-order valence-corrected chi connectivity index (χ0v) is 12.7. The zero-order valence-electron chi connectivity index (χ0n) is 11.9. The van der Waals surface area contributed by atoms with E-state index < -0.39 is 0 Å². The highest BCUT2D eigenvalue weighted by atomic mass is 32.1. The highest BCUT2D eigenvalue weighted by Gasteiger charge is 2.27. The van der Waals surface area contributed by atoms with E-state index in [9.17, 15) is 0 Å². The Morgan fingerprint density at radius 2 is 2.22 bits per heavy atom. The van der Waals surface area contributed by atoms with Crippen molar-refractivity contribution < 1.29 is 4.74 Å². The first-order chi connectivity index (χ1) is 8.73. The van der Waals surface area contributed by atoms with Crippen molar-refractivity contribution in [3.8, 4) is 0 Å². The molecule has 0 amide bonds. The van der Waals surface area contributed by atoms with Crippen LogP contribution in [0.4, 0.5) is 0 Å². The van der Waals surface area contributed by atoms with E-state index in [-0.39, 0.29) is 5.54 Å². The van der Waals surface area contributed by atoms with Crippen LogP contribution in [0.3, 0.4) is 0 Å². The summed E-state index contributed by atoms with van der Waals surface area (Å²) in [4.78, 5) is 4.48. The number of hydrogen-bond donors (Lipinski definition) is 1. The first-order valence-corrected chi connectivity index (χ1v) is 7.75. The van der Waals surface area contributed by atoms with E-state index in [1.54, 1.807) is 18.4 Å². The van der Waals surface area contributed by atoms with E-state index in [1.807, 2.05) is 6.20 Å². The lowest BCUT2D eigenvalue weighted by Crippen LogP contribution is -2.41. The summed E-state index contributed by atoms with van der Waals surface area (Å²) in [5.74, 6) is 0. The summed E-state index contributed by atoms with van der Waals surface area (Å²) in [5, 5.41) is 6.84. The van der Waals surface area contributed by atoms with Gasteiger partial charge in [0, 0.05) is 25.2 Å². The monoisotopic (exact) mass is 270 g/mol. The lowest BCUT2D eigenvalue weighted by molar-refractivity contribution is 0.183. The number of methoxy groups -OCH3 is 1. The van der Waals surface area contributed by atoms with Crippen molar-refractivity contribution in [2.24, 2.45) is 0 Å². The van der Waals surface area contributed by atoms with E-state index in [4.69, 9.17) is 4.74 Å². The number of nitrogens with one attached hydrogen (secondary N) is 1. The molecule has 1 heterocycles. The van der Waals surface area contributed by atoms with Crippen molar-refractivity contribution >= 4 is 11.3 Å². The third-order valence-corrected chi connectivity index (χ3v) is 4.29. The molecule has 0 aromatic carbocycles. The molecule has 1 atom stereocenters. The number of thiazole rings is 1. The molecule has 3 nitrogen and oxygen atoms in total. The fourth-order valence-electron chi connectivity index (χ4n) is 2.10. The normalized spacial score (nSPS) is 14.6. The molecule has 0 bridgehead atoms. The molecule has 1 unspecified atom stereocenters. The van der Waals surface area contributed by atoms with Gasteiger partial charge in [0.05, 0.1) is 12.1 Å². The van der Waals surface area contributed by atoms with Gasteiger partial charge in [-0.2, -0.15) is 0 Å². The predicted octanol–water partition coefficient (Wildman–Crippen LogP) is 3.56. The van der Waals surface area contributed by atoms with Gasteiger partial charge in [-0.1, -0.05) is 32.6 Å². The highest BCUT2D eigenvalue weighted by molar-refractivity contribution is 7.09. The Balaban J connectivity index is 2.51. The summed E-state index contributed by atoms with van der Waals surface area (Å²) < 4.78 is 5.12. The van der Waals surface area contributed by atoms with Crippen LogP contribution in [0.2, 0.25) is 0 Å². The molecule has 1 aromatic heterocycles. The van der Waals surface area contributed by atoms with Crippen molar-refractivity contribution in [1.82, 2.24) is 10.3 Å². The van der Waals surface area contributed by atoms with Crippen LogP contribution in [0.1, 0.15) is 51.0 Å². The first-order valence-electron chi connectivity index (χ1n) is 6.87. The lowest BCUT2D eigenvalue weighted by atomic mass is 9.94. The quantitative estimate of drug-likeness (QED) is 0.660. The molecule has 18 heavy (non-hydrogen) atoms. The third-order valence-electron chi connectivity index (χ3n) is 3.26. The maximum atomic E-state index is 5.12. The SMILES string of the molecule is CCCCCCC(C)(NCCOC)c1nccs1. The fourth-order valence-corrected chi connectivity index (χ4v) is 2.91. The standard InChI is InChI=1S/C14H26N2OS/c1-4-5-6-7-8-14(2,16-9-11-17-3)13-15-10-12-18-13/h10,12,16H,4-9,11H2,1-3H3. The van der Waals surface area contributed by atoms with Crippen molar-refractivity contribution in [3.63, 3.8) is 0 Å². The van der Waals surface area contributed by atoms with Gasteiger partial charge in [-0.05, 0) is 13.3 Å². The van der Waals surface area contributed by atoms with Crippen molar-refractivity contribution in [2.45, 2.75) is 51.5 Å². The predicted molar refractivity (Wildman–Crippen MR) is 78.1 cm³/mol. The molecule has 104 valence electrons. The highest BCUT2D eigenvalue weighted by Crippen LogP contribution is 2.28. The largest absolute Gasteiger partial charge is 0.383 e. The Morgan fingerprint density at radius 1 is 1.39 bits per heavy atom. The van der Waals surface area contributed by atoms with Crippen LogP contribution in [0.5, 0.6) is 0 Å². The van der Waals surface area contributed by atoms with Gasteiger partial charge in [-0.3, -0.25) is 0 Å². The van der Waals surface area contributed by atoms with Crippen LogP contribution in [-0.4, -0.2) is 25.2 Å². The van der Waals surface area contributed by atoms with Gasteiger partial charge in [0.25, 0.3) is 0 Å². The minimum atomic E-state index is 0.000435. The Morgan fingerprint density at radius 3 is 2.83 bits per heavy atom. The molecule has 0 spiro atoms. The minimum Gasteiger partial charge on any atom is -0.383 e. The molecule has 0 aliphatic carbocycles. The van der Waals surface area contributed by atoms with Crippen LogP contribution < -0.4 is 5.32 Å². The van der Waals surface area contributed by atoms with E-state index in [0.717, 1.165) is 19.6 Å². The second-order valence-electron chi connectivity index (χ2n) is 4.90. The maximum absolute atomic E-state index is 5.12. The number of nitrogens with zero attached hydrogens (tertiary/aromatic N) is 1. The Kier molecular flexibility index (Phi) is 7.47. The van der Waals surface area contributed by atoms with E-state index in [1.165, 1.54) is 30.7 Å². The second kappa shape index (κ2) is 8.62. The van der Waals surface area contributed by atoms with Crippen LogP contribution >= 0.6 is 11.3 Å². The Bertz CT molecular complexity index is 303. The Labute approximate surface area is 115 Å². The summed E-state index contributed by atoms with van der Waals surface area (Å²) in [6.07, 6.45) is 8.21. The molecule has 0 aliphatic rings. The van der Waals surface area contributed by atoms with Crippen LogP contribution in [0.25, 0.3) is 0 Å². The second-order valence-corrected chi connectivity index (χ2v) is 5.79. The van der Waals surface area contributed by atoms with Crippen molar-refractivity contribution in [1.29, 1.82) is 0 Å². The zero-order chi connectivity index (χ0) is 13.3. The third kappa shape index (κ3) is 5.04. The smallest absolute Gasteiger partial charge is 0.112 e. The number of unbranched alkanes of at least 4 members (excludes halogenated alkanes) is 3. The summed E-state index contributed by atoms with van der Waals surface area (Å²) in [5.41, 5.74) is 0.000435. The van der Waals surface area contributed by atoms with Crippen LogP contribution in [-0.2, 0) is 10.3 Å². The van der Waals surface area contributed by atoms with Crippen molar-refractivity contribution in [3.05, 3.63) is 16.6 Å². The molecule has 0 saturated heterocycles. The molecular formula is C14H26N2OS. The molecule has 1 rings (SSSR count). The van der Waals surface area contributed by atoms with Gasteiger partial charge in [0.2, 0.25) is 0 Å². The molecule has 1 aromatic rings. The Hall–Kier alpha value is -0.450. The first kappa shape index (κ1) is 15.6. The van der Waals surface area contributed by atoms with Gasteiger partial charge in [0.15, 0.2) is 0 Å². The summed E-state index contributed by atoms with van der Waals surface area (Å²) in [6.45, 7) is 6.13. The molecule has 0 radical (unpaired) electrons. The van der Waals surface area contributed by atoms with Gasteiger partial charge in [-0.25, -0.2) is 4.98 Å². The summed E-state index contributed by atoms with van der Waals surface area (Å²) in [7, 11) is 1.74. The van der Waals surface area contributed by atoms with Crippen LogP contribution in [0.15, 0.2) is 11.6 Å². The van der Waals surface area contributed by atoms with E-state index >= 15 is 0 Å². The summed E-state index contributed by atoms with van der Waals surface area (Å²) in [6, 6.07) is 0. The molecule has 0 fully saturated rings. The van der Waals surface area contributed by atoms with Gasteiger partial charge in [0.1, 0.15) is 5.01 Å². The molecular weight excluding hydrogens is 244 g/mol. The maximum Gasteiger partial charge on any atom is 0.112 e. The topological polar surface area (TPSA) is 34.1 Å². The minimum absolute atomic E-state index is 0.000435. The van der Waals surface area contributed by atoms with Gasteiger partial charge >= 0.3 is 0 Å². The number of aromatic nitrogens is 1. The van der Waals surface area contributed by atoms with E-state index in [0.29, 0.717) is 0 Å². The van der Waals surface area contributed by atoms with E-state index in [2.05, 4.69) is 29.5 Å². The number of rotatable bonds is 10. The van der Waals surface area contributed by atoms with Crippen molar-refractivity contribution in [2.75, 3.05) is 20.3 Å². The molecule has 4 heteroatoms.